The monoisotopic (exact) mass is 390 g/mol. The molecule has 6 heteroatoms. The molecule has 0 aliphatic heterocycles. The topological polar surface area (TPSA) is 83.2 Å². The number of aromatic nitrogens is 1. The summed E-state index contributed by atoms with van der Waals surface area (Å²) in [6.45, 7) is 3.48. The van der Waals surface area contributed by atoms with Gasteiger partial charge in [0, 0.05) is 16.7 Å². The van der Waals surface area contributed by atoms with Gasteiger partial charge < -0.3 is 9.84 Å². The number of phenolic OH excluding ortho intramolecular Hbond substituents is 1. The largest absolute Gasteiger partial charge is 0.507 e. The maximum absolute atomic E-state index is 11.5. The third-order valence-corrected chi connectivity index (χ3v) is 5.10. The number of pyridine rings is 1. The van der Waals surface area contributed by atoms with Crippen molar-refractivity contribution in [2.45, 2.75) is 30.4 Å². The van der Waals surface area contributed by atoms with E-state index in [2.05, 4.69) is 11.1 Å². The fraction of sp³-hybridized carbons (Fsp3) is 0.136. The van der Waals surface area contributed by atoms with E-state index in [1.807, 2.05) is 24.3 Å². The fourth-order valence-electron chi connectivity index (χ4n) is 2.59. The van der Waals surface area contributed by atoms with Gasteiger partial charge in [-0.25, -0.2) is 4.98 Å². The zero-order valence-electron chi connectivity index (χ0n) is 15.5. The van der Waals surface area contributed by atoms with Crippen LogP contribution in [0.25, 0.3) is 0 Å². The molecule has 0 unspecified atom stereocenters. The van der Waals surface area contributed by atoms with Gasteiger partial charge in [-0.1, -0.05) is 23.9 Å². The Labute approximate surface area is 167 Å². The van der Waals surface area contributed by atoms with Gasteiger partial charge in [0.15, 0.2) is 5.78 Å². The normalized spacial score (nSPS) is 10.3. The number of nitrogens with zero attached hydrogens (tertiary/aromatic N) is 2. The van der Waals surface area contributed by atoms with Crippen molar-refractivity contribution in [3.63, 3.8) is 0 Å². The van der Waals surface area contributed by atoms with Gasteiger partial charge in [0.1, 0.15) is 23.1 Å². The molecule has 0 aliphatic rings. The molecule has 1 aromatic heterocycles. The minimum Gasteiger partial charge on any atom is -0.507 e. The van der Waals surface area contributed by atoms with Crippen molar-refractivity contribution < 1.29 is 14.6 Å². The maximum Gasteiger partial charge on any atom is 0.163 e. The summed E-state index contributed by atoms with van der Waals surface area (Å²) in [5.74, 6) is 0.317. The highest BCUT2D eigenvalue weighted by molar-refractivity contribution is 7.99. The van der Waals surface area contributed by atoms with Crippen LogP contribution in [-0.4, -0.2) is 15.9 Å². The number of Topliss-reactive ketones (excluding diaryl/α,β-unsaturated/α-hetero) is 1. The lowest BCUT2D eigenvalue weighted by molar-refractivity contribution is 0.101. The second-order valence-corrected chi connectivity index (χ2v) is 7.26. The smallest absolute Gasteiger partial charge is 0.163 e. The molecule has 3 rings (SSSR count). The number of nitriles is 1. The molecule has 0 aliphatic carbocycles. The second-order valence-electron chi connectivity index (χ2n) is 6.17. The highest BCUT2D eigenvalue weighted by atomic mass is 32.2. The van der Waals surface area contributed by atoms with Crippen LogP contribution in [0.3, 0.4) is 0 Å². The van der Waals surface area contributed by atoms with E-state index < -0.39 is 0 Å². The Balaban J connectivity index is 1.66. The van der Waals surface area contributed by atoms with Crippen molar-refractivity contribution in [1.29, 1.82) is 5.26 Å². The Bertz CT molecular complexity index is 1060. The molecule has 28 heavy (non-hydrogen) atoms. The molecular weight excluding hydrogens is 372 g/mol. The number of carbonyl (C=O) groups excluding carboxylic acids is 1. The molecule has 0 bridgehead atoms. The summed E-state index contributed by atoms with van der Waals surface area (Å²) in [7, 11) is 0. The van der Waals surface area contributed by atoms with E-state index in [0.29, 0.717) is 29.0 Å². The molecule has 3 aromatic rings. The van der Waals surface area contributed by atoms with Gasteiger partial charge >= 0.3 is 0 Å². The predicted molar refractivity (Wildman–Crippen MR) is 107 cm³/mol. The van der Waals surface area contributed by atoms with Gasteiger partial charge in [-0.3, -0.25) is 4.79 Å². The quantitative estimate of drug-likeness (QED) is 0.603. The molecule has 1 heterocycles. The zero-order valence-corrected chi connectivity index (χ0v) is 16.3. The van der Waals surface area contributed by atoms with Gasteiger partial charge in [-0.2, -0.15) is 5.26 Å². The number of ether oxygens (including phenoxy) is 1. The number of hydrogen-bond acceptors (Lipinski definition) is 6. The van der Waals surface area contributed by atoms with E-state index in [1.54, 1.807) is 37.4 Å². The van der Waals surface area contributed by atoms with Crippen LogP contribution in [0.15, 0.2) is 64.6 Å². The lowest BCUT2D eigenvalue weighted by Crippen LogP contribution is -2.00. The number of rotatable bonds is 6. The standard InChI is InChI=1S/C22H18N2O3S/c1-14-20(8-7-19(15(2)25)22(14)26)27-13-16-3-5-18(6-4-16)28-21-11-17(12-23)9-10-24-21/h3-11,26H,13H2,1-2H3. The molecule has 0 fully saturated rings. The fourth-order valence-corrected chi connectivity index (χ4v) is 3.41. The summed E-state index contributed by atoms with van der Waals surface area (Å²) in [6, 6.07) is 16.6. The van der Waals surface area contributed by atoms with Gasteiger partial charge in [0.2, 0.25) is 0 Å². The maximum atomic E-state index is 11.5. The van der Waals surface area contributed by atoms with Crippen LogP contribution in [0.2, 0.25) is 0 Å². The molecule has 0 saturated carbocycles. The molecule has 0 saturated heterocycles. The Morgan fingerprint density at radius 2 is 1.96 bits per heavy atom. The van der Waals surface area contributed by atoms with Crippen LogP contribution in [0, 0.1) is 18.3 Å². The number of benzene rings is 2. The molecule has 1 N–H and O–H groups in total. The summed E-state index contributed by atoms with van der Waals surface area (Å²) < 4.78 is 5.80. The summed E-state index contributed by atoms with van der Waals surface area (Å²) >= 11 is 1.48. The minimum absolute atomic E-state index is 0.0381. The van der Waals surface area contributed by atoms with Crippen LogP contribution in [0.1, 0.15) is 34.0 Å². The van der Waals surface area contributed by atoms with Crippen LogP contribution in [-0.2, 0) is 6.61 Å². The molecule has 0 atom stereocenters. The molecule has 0 radical (unpaired) electrons. The molecule has 5 nitrogen and oxygen atoms in total. The molecule has 140 valence electrons. The summed E-state index contributed by atoms with van der Waals surface area (Å²) in [5, 5.41) is 19.9. The van der Waals surface area contributed by atoms with Crippen LogP contribution < -0.4 is 4.74 Å². The number of phenols is 1. The van der Waals surface area contributed by atoms with E-state index in [9.17, 15) is 9.90 Å². The Hall–Kier alpha value is -3.30. The van der Waals surface area contributed by atoms with Crippen molar-refractivity contribution in [2.24, 2.45) is 0 Å². The van der Waals surface area contributed by atoms with E-state index in [-0.39, 0.29) is 11.5 Å². The van der Waals surface area contributed by atoms with Crippen LogP contribution in [0.5, 0.6) is 11.5 Å². The Morgan fingerprint density at radius 3 is 2.64 bits per heavy atom. The number of aromatic hydroxyl groups is 1. The van der Waals surface area contributed by atoms with E-state index in [1.165, 1.54) is 18.7 Å². The lowest BCUT2D eigenvalue weighted by atomic mass is 10.1. The van der Waals surface area contributed by atoms with Gasteiger partial charge in [0.05, 0.1) is 17.2 Å². The molecule has 0 spiro atoms. The van der Waals surface area contributed by atoms with E-state index >= 15 is 0 Å². The summed E-state index contributed by atoms with van der Waals surface area (Å²) in [5.41, 5.74) is 2.39. The first kappa shape index (κ1) is 19.5. The van der Waals surface area contributed by atoms with Crippen LogP contribution in [0.4, 0.5) is 0 Å². The third-order valence-electron chi connectivity index (χ3n) is 4.16. The third kappa shape index (κ3) is 4.51. The van der Waals surface area contributed by atoms with Crippen molar-refractivity contribution in [1.82, 2.24) is 4.98 Å². The van der Waals surface area contributed by atoms with Gasteiger partial charge in [-0.15, -0.1) is 0 Å². The van der Waals surface area contributed by atoms with Crippen LogP contribution >= 0.6 is 11.8 Å². The van der Waals surface area contributed by atoms with Crippen molar-refractivity contribution >= 4 is 17.5 Å². The lowest BCUT2D eigenvalue weighted by Gasteiger charge is -2.12. The van der Waals surface area contributed by atoms with E-state index in [0.717, 1.165) is 15.5 Å². The van der Waals surface area contributed by atoms with Crippen molar-refractivity contribution in [2.75, 3.05) is 0 Å². The SMILES string of the molecule is CC(=O)c1ccc(OCc2ccc(Sc3cc(C#N)ccn3)cc2)c(C)c1O. The molecular formula is C22H18N2O3S. The highest BCUT2D eigenvalue weighted by Gasteiger charge is 2.13. The second kappa shape index (κ2) is 8.59. The number of carbonyl (C=O) groups is 1. The predicted octanol–water partition coefficient (Wildman–Crippen LogP) is 4.90. The average molecular weight is 390 g/mol. The average Bonchev–Trinajstić information content (AvgIpc) is 2.70. The summed E-state index contributed by atoms with van der Waals surface area (Å²) in [4.78, 5) is 16.7. The minimum atomic E-state index is -0.185. The van der Waals surface area contributed by atoms with Crippen molar-refractivity contribution in [3.8, 4) is 17.6 Å². The first-order chi connectivity index (χ1) is 13.5. The first-order valence-corrected chi connectivity index (χ1v) is 9.39. The summed E-state index contributed by atoms with van der Waals surface area (Å²) in [6.07, 6.45) is 1.62. The number of hydrogen-bond donors (Lipinski definition) is 1. The highest BCUT2D eigenvalue weighted by Crippen LogP contribution is 2.31. The Morgan fingerprint density at radius 1 is 1.21 bits per heavy atom. The van der Waals surface area contributed by atoms with Gasteiger partial charge in [-0.05, 0) is 55.8 Å². The molecule has 2 aromatic carbocycles. The zero-order chi connectivity index (χ0) is 20.1. The first-order valence-electron chi connectivity index (χ1n) is 8.57. The van der Waals surface area contributed by atoms with E-state index in [4.69, 9.17) is 10.00 Å². The molecule has 0 amide bonds. The van der Waals surface area contributed by atoms with Crippen molar-refractivity contribution in [3.05, 3.63) is 77.0 Å². The van der Waals surface area contributed by atoms with Gasteiger partial charge in [0.25, 0.3) is 0 Å². The number of ketones is 1. The Kier molecular flexibility index (Phi) is 5.97.